The summed E-state index contributed by atoms with van der Waals surface area (Å²) in [7, 11) is -1.57. The van der Waals surface area contributed by atoms with E-state index in [1.807, 2.05) is 60.7 Å². The number of hydrogen-bond donors (Lipinski definition) is 0. The second kappa shape index (κ2) is 11.9. The zero-order chi connectivity index (χ0) is 26.6. The third-order valence-corrected chi connectivity index (χ3v) is 9.46. The maximum Gasteiger partial charge on any atom is 0.245 e. The van der Waals surface area contributed by atoms with Gasteiger partial charge in [0.25, 0.3) is 0 Å². The molecular weight excluding hydrogens is 506 g/mol. The normalized spacial score (nSPS) is 17.0. The van der Waals surface area contributed by atoms with Crippen LogP contribution < -0.4 is 9.47 Å². The summed E-state index contributed by atoms with van der Waals surface area (Å²) in [5.74, 6) is 1.28. The number of carbonyl (C=O) groups excluding carboxylic acids is 1. The Balaban J connectivity index is 1.28. The van der Waals surface area contributed by atoms with Crippen molar-refractivity contribution in [2.75, 3.05) is 26.2 Å². The first kappa shape index (κ1) is 26.1. The fourth-order valence-electron chi connectivity index (χ4n) is 5.88. The summed E-state index contributed by atoms with van der Waals surface area (Å²) in [5.41, 5.74) is 2.09. The molecule has 3 aromatic carbocycles. The molecule has 0 bridgehead atoms. The van der Waals surface area contributed by atoms with E-state index in [2.05, 4.69) is 4.90 Å². The lowest BCUT2D eigenvalue weighted by molar-refractivity contribution is 0.104. The Bertz CT molecular complexity index is 1430. The highest BCUT2D eigenvalue weighted by atomic mass is 32.2. The van der Waals surface area contributed by atoms with Gasteiger partial charge in [0.05, 0.1) is 11.7 Å². The highest BCUT2D eigenvalue weighted by Gasteiger charge is 2.30. The standard InChI is InChI=1S/C33H35NO4S/c35-32(25-9-8-12-28(23-25)38-27-10-2-1-3-11-27)33-31(29-13-4-5-14-30(29)39(33)36)24-15-17-26(18-16-24)37-22-21-34-19-6-7-20-34/h4-5,8-9,12-18,23,27H,1-3,6-7,10-11,19-22H2. The number of rotatable bonds is 9. The molecule has 2 heterocycles. The number of benzene rings is 3. The van der Waals surface area contributed by atoms with Gasteiger partial charge in [-0.25, -0.2) is 0 Å². The number of likely N-dealkylation sites (tertiary alicyclic amines) is 1. The van der Waals surface area contributed by atoms with E-state index >= 15 is 0 Å². The van der Waals surface area contributed by atoms with Crippen LogP contribution in [0.4, 0.5) is 0 Å². The molecule has 1 saturated carbocycles. The molecule has 1 aromatic heterocycles. The Morgan fingerprint density at radius 3 is 2.44 bits per heavy atom. The third-order valence-electron chi connectivity index (χ3n) is 7.94. The lowest BCUT2D eigenvalue weighted by Gasteiger charge is -2.23. The van der Waals surface area contributed by atoms with Crippen LogP contribution in [0.15, 0.2) is 72.8 Å². The minimum atomic E-state index is -1.57. The van der Waals surface area contributed by atoms with Crippen molar-refractivity contribution in [3.05, 3.63) is 83.2 Å². The number of fused-ring (bicyclic) bond motifs is 1. The van der Waals surface area contributed by atoms with Crippen molar-refractivity contribution in [3.8, 4) is 22.6 Å². The molecule has 202 valence electrons. The summed E-state index contributed by atoms with van der Waals surface area (Å²) in [6.45, 7) is 3.89. The van der Waals surface area contributed by atoms with E-state index in [-0.39, 0.29) is 11.9 Å². The number of hydrogen-bond acceptors (Lipinski definition) is 5. The predicted octanol–water partition coefficient (Wildman–Crippen LogP) is 7.65. The molecule has 4 aromatic rings. The lowest BCUT2D eigenvalue weighted by atomic mass is 9.97. The Labute approximate surface area is 233 Å². The van der Waals surface area contributed by atoms with Gasteiger partial charge in [-0.1, -0.05) is 42.8 Å². The summed E-state index contributed by atoms with van der Waals surface area (Å²) in [6, 6.07) is 22.8. The molecule has 1 aliphatic heterocycles. The van der Waals surface area contributed by atoms with Crippen molar-refractivity contribution >= 4 is 26.6 Å². The van der Waals surface area contributed by atoms with Crippen LogP contribution in [0, 0.1) is 0 Å². The first-order valence-corrected chi connectivity index (χ1v) is 15.3. The molecule has 0 N–H and O–H groups in total. The third kappa shape index (κ3) is 5.74. The average molecular weight is 542 g/mol. The van der Waals surface area contributed by atoms with Gasteiger partial charge in [0.2, 0.25) is 10.7 Å². The van der Waals surface area contributed by atoms with Crippen LogP contribution in [0.25, 0.3) is 21.2 Å². The zero-order valence-corrected chi connectivity index (χ0v) is 23.1. The molecule has 6 rings (SSSR count). The molecule has 6 heteroatoms. The molecular formula is C33H35NO4S. The summed E-state index contributed by atoms with van der Waals surface area (Å²) >= 11 is 0. The van der Waals surface area contributed by atoms with Crippen LogP contribution in [-0.4, -0.2) is 47.6 Å². The minimum Gasteiger partial charge on any atom is -0.590 e. The number of thiophene rings is 1. The predicted molar refractivity (Wildman–Crippen MR) is 157 cm³/mol. The first-order chi connectivity index (χ1) is 19.2. The summed E-state index contributed by atoms with van der Waals surface area (Å²) in [6.07, 6.45) is 8.44. The summed E-state index contributed by atoms with van der Waals surface area (Å²) in [4.78, 5) is 16.7. The number of nitrogens with zero attached hydrogens (tertiary/aromatic N) is 1. The first-order valence-electron chi connectivity index (χ1n) is 14.2. The largest absolute Gasteiger partial charge is 0.590 e. The Morgan fingerprint density at radius 2 is 1.64 bits per heavy atom. The van der Waals surface area contributed by atoms with Gasteiger partial charge in [0.15, 0.2) is 4.70 Å². The van der Waals surface area contributed by atoms with Crippen LogP contribution in [-0.2, 0) is 0 Å². The molecule has 1 saturated heterocycles. The number of ether oxygens (including phenoxy) is 2. The maximum atomic E-state index is 14.0. The van der Waals surface area contributed by atoms with Crippen LogP contribution in [0.1, 0.15) is 60.2 Å². The van der Waals surface area contributed by atoms with Crippen LogP contribution in [0.2, 0.25) is 0 Å². The lowest BCUT2D eigenvalue weighted by Crippen LogP contribution is -2.25. The highest BCUT2D eigenvalue weighted by Crippen LogP contribution is 2.45. The van der Waals surface area contributed by atoms with E-state index in [1.54, 1.807) is 12.1 Å². The minimum absolute atomic E-state index is 0.194. The quantitative estimate of drug-likeness (QED) is 0.161. The van der Waals surface area contributed by atoms with Gasteiger partial charge in [0, 0.05) is 17.5 Å². The van der Waals surface area contributed by atoms with Crippen molar-refractivity contribution in [2.45, 2.75) is 51.0 Å². The van der Waals surface area contributed by atoms with Gasteiger partial charge >= 0.3 is 0 Å². The van der Waals surface area contributed by atoms with Gasteiger partial charge in [-0.15, -0.1) is 0 Å². The van der Waals surface area contributed by atoms with Gasteiger partial charge in [-0.05, 0) is 104 Å². The van der Waals surface area contributed by atoms with Crippen LogP contribution in [0.3, 0.4) is 0 Å². The van der Waals surface area contributed by atoms with E-state index in [1.165, 1.54) is 32.1 Å². The maximum absolute atomic E-state index is 14.0. The van der Waals surface area contributed by atoms with E-state index in [4.69, 9.17) is 9.47 Å². The SMILES string of the molecule is O=C(c1cccc(OC2CCCCC2)c1)c1c(-c2ccc(OCCN3CCCC3)cc2)c2ccccc2[s+]1[O-]. The Morgan fingerprint density at radius 1 is 0.872 bits per heavy atom. The van der Waals surface area contributed by atoms with Gasteiger partial charge < -0.3 is 14.0 Å². The molecule has 0 spiro atoms. The molecule has 0 amide bonds. The Kier molecular flexibility index (Phi) is 7.95. The number of carbonyl (C=O) groups is 1. The topological polar surface area (TPSA) is 61.8 Å². The van der Waals surface area contributed by atoms with E-state index in [9.17, 15) is 9.35 Å². The molecule has 0 radical (unpaired) electrons. The molecule has 39 heavy (non-hydrogen) atoms. The van der Waals surface area contributed by atoms with E-state index in [0.717, 1.165) is 54.7 Å². The molecule has 1 atom stereocenters. The molecule has 1 aliphatic carbocycles. The fourth-order valence-corrected chi connectivity index (χ4v) is 7.37. The smallest absolute Gasteiger partial charge is 0.245 e. The van der Waals surface area contributed by atoms with Crippen LogP contribution in [0.5, 0.6) is 11.5 Å². The van der Waals surface area contributed by atoms with Crippen molar-refractivity contribution in [3.63, 3.8) is 0 Å². The van der Waals surface area contributed by atoms with Gasteiger partial charge in [-0.2, -0.15) is 0 Å². The number of ketones is 1. The van der Waals surface area contributed by atoms with Crippen molar-refractivity contribution in [1.82, 2.24) is 4.90 Å². The van der Waals surface area contributed by atoms with E-state index in [0.29, 0.717) is 27.5 Å². The van der Waals surface area contributed by atoms with Gasteiger partial charge in [0.1, 0.15) is 18.1 Å². The molecule has 5 nitrogen and oxygen atoms in total. The Hall–Kier alpha value is -3.19. The van der Waals surface area contributed by atoms with Crippen molar-refractivity contribution in [2.24, 2.45) is 0 Å². The second-order valence-corrected chi connectivity index (χ2v) is 12.0. The summed E-state index contributed by atoms with van der Waals surface area (Å²) in [5, 5.41) is 0.844. The average Bonchev–Trinajstić information content (AvgIpc) is 3.60. The van der Waals surface area contributed by atoms with E-state index < -0.39 is 10.8 Å². The monoisotopic (exact) mass is 541 g/mol. The zero-order valence-electron chi connectivity index (χ0n) is 22.3. The van der Waals surface area contributed by atoms with Gasteiger partial charge in [-0.3, -0.25) is 9.69 Å². The van der Waals surface area contributed by atoms with Crippen molar-refractivity contribution in [1.29, 1.82) is 0 Å². The highest BCUT2D eigenvalue weighted by molar-refractivity contribution is 7.33. The second-order valence-electron chi connectivity index (χ2n) is 10.6. The van der Waals surface area contributed by atoms with Crippen molar-refractivity contribution < 1.29 is 18.8 Å². The summed E-state index contributed by atoms with van der Waals surface area (Å²) < 4.78 is 26.6. The van der Waals surface area contributed by atoms with Crippen LogP contribution >= 0.6 is 10.8 Å². The molecule has 2 fully saturated rings. The molecule has 1 unspecified atom stereocenters. The molecule has 2 aliphatic rings. The fraction of sp³-hybridized carbons (Fsp3) is 0.364.